The minimum Gasteiger partial charge on any atom is -0.497 e. The zero-order valence-electron chi connectivity index (χ0n) is 16.0. The summed E-state index contributed by atoms with van der Waals surface area (Å²) in [6, 6.07) is 11.8. The van der Waals surface area contributed by atoms with Crippen molar-refractivity contribution in [2.24, 2.45) is 0 Å². The van der Waals surface area contributed by atoms with Crippen molar-refractivity contribution in [1.29, 1.82) is 0 Å². The number of nitrogens with one attached hydrogen (secondary N) is 1. The van der Waals surface area contributed by atoms with Crippen LogP contribution >= 0.6 is 11.6 Å². The van der Waals surface area contributed by atoms with Gasteiger partial charge in [-0.2, -0.15) is 0 Å². The summed E-state index contributed by atoms with van der Waals surface area (Å²) in [4.78, 5) is 37.9. The number of carbonyl (C=O) groups excluding carboxylic acids is 2. The number of halogens is 1. The number of methoxy groups -OCH3 is 1. The third-order valence-electron chi connectivity index (χ3n) is 4.34. The standard InChI is InChI=1S/C20H20ClN3O5/c1-23(12-18(25)22-14-4-3-5-15(11-14)28-2)19(26)8-9-24-16-7-6-13(21)10-17(16)29-20(24)27/h3-7,10-11H,8-9,12H2,1-2H3,(H,22,25). The smallest absolute Gasteiger partial charge is 0.419 e. The van der Waals surface area contributed by atoms with Crippen LogP contribution in [0.1, 0.15) is 6.42 Å². The zero-order valence-corrected chi connectivity index (χ0v) is 16.7. The van der Waals surface area contributed by atoms with Gasteiger partial charge in [-0.25, -0.2) is 4.79 Å². The minimum absolute atomic E-state index is 0.0418. The van der Waals surface area contributed by atoms with Crippen molar-refractivity contribution in [2.75, 3.05) is 26.0 Å². The third-order valence-corrected chi connectivity index (χ3v) is 4.57. The van der Waals surface area contributed by atoms with Gasteiger partial charge in [-0.15, -0.1) is 0 Å². The van der Waals surface area contributed by atoms with Crippen LogP contribution in [0.25, 0.3) is 11.1 Å². The van der Waals surface area contributed by atoms with Crippen LogP contribution in [0.2, 0.25) is 5.02 Å². The maximum Gasteiger partial charge on any atom is 0.419 e. The third kappa shape index (κ3) is 4.97. The highest BCUT2D eigenvalue weighted by Gasteiger charge is 2.16. The number of fused-ring (bicyclic) bond motifs is 1. The fourth-order valence-corrected chi connectivity index (χ4v) is 3.02. The molecule has 3 rings (SSSR count). The molecule has 0 unspecified atom stereocenters. The number of nitrogens with zero attached hydrogens (tertiary/aromatic N) is 2. The fraction of sp³-hybridized carbons (Fsp3) is 0.250. The molecule has 0 saturated heterocycles. The molecule has 2 amide bonds. The first kappa shape index (κ1) is 20.5. The molecule has 1 N–H and O–H groups in total. The quantitative estimate of drug-likeness (QED) is 0.638. The molecule has 0 aliphatic heterocycles. The number of anilines is 1. The average molecular weight is 418 g/mol. The predicted octanol–water partition coefficient (Wildman–Crippen LogP) is 2.74. The van der Waals surface area contributed by atoms with Crippen LogP contribution in [0.5, 0.6) is 5.75 Å². The zero-order chi connectivity index (χ0) is 21.0. The molecule has 152 valence electrons. The van der Waals surface area contributed by atoms with Gasteiger partial charge >= 0.3 is 5.76 Å². The molecular formula is C20H20ClN3O5. The van der Waals surface area contributed by atoms with Gasteiger partial charge in [0.05, 0.1) is 19.2 Å². The highest BCUT2D eigenvalue weighted by atomic mass is 35.5. The van der Waals surface area contributed by atoms with Crippen molar-refractivity contribution >= 4 is 40.2 Å². The molecule has 8 nitrogen and oxygen atoms in total. The van der Waals surface area contributed by atoms with E-state index in [1.165, 1.54) is 23.6 Å². The molecular weight excluding hydrogens is 398 g/mol. The van der Waals surface area contributed by atoms with Crippen LogP contribution in [-0.2, 0) is 16.1 Å². The normalized spacial score (nSPS) is 10.7. The van der Waals surface area contributed by atoms with Gasteiger partial charge in [-0.05, 0) is 24.3 Å². The Bertz CT molecular complexity index is 1100. The summed E-state index contributed by atoms with van der Waals surface area (Å²) < 4.78 is 11.6. The van der Waals surface area contributed by atoms with Gasteiger partial charge in [-0.1, -0.05) is 17.7 Å². The molecule has 9 heteroatoms. The van der Waals surface area contributed by atoms with E-state index in [-0.39, 0.29) is 31.3 Å². The largest absolute Gasteiger partial charge is 0.497 e. The fourth-order valence-electron chi connectivity index (χ4n) is 2.86. The summed E-state index contributed by atoms with van der Waals surface area (Å²) in [6.07, 6.45) is 0.0418. The number of aromatic nitrogens is 1. The molecule has 0 aliphatic carbocycles. The highest BCUT2D eigenvalue weighted by Crippen LogP contribution is 2.19. The molecule has 0 fully saturated rings. The number of rotatable bonds is 7. The van der Waals surface area contributed by atoms with Crippen LogP contribution in [0.4, 0.5) is 5.69 Å². The summed E-state index contributed by atoms with van der Waals surface area (Å²) in [5.74, 6) is -0.560. The number of ether oxygens (including phenoxy) is 1. The summed E-state index contributed by atoms with van der Waals surface area (Å²) in [5.41, 5.74) is 1.50. The van der Waals surface area contributed by atoms with Crippen LogP contribution in [0.15, 0.2) is 51.7 Å². The second kappa shape index (κ2) is 8.83. The number of hydrogen-bond donors (Lipinski definition) is 1. The first-order valence-electron chi connectivity index (χ1n) is 8.84. The Hall–Kier alpha value is -3.26. The van der Waals surface area contributed by atoms with Crippen molar-refractivity contribution < 1.29 is 18.7 Å². The number of oxazole rings is 1. The minimum atomic E-state index is -0.562. The van der Waals surface area contributed by atoms with Crippen molar-refractivity contribution in [3.63, 3.8) is 0 Å². The van der Waals surface area contributed by atoms with E-state index in [0.717, 1.165) is 0 Å². The molecule has 1 heterocycles. The molecule has 0 atom stereocenters. The lowest BCUT2D eigenvalue weighted by molar-refractivity contribution is -0.133. The second-order valence-corrected chi connectivity index (χ2v) is 6.85. The molecule has 3 aromatic rings. The molecule has 0 radical (unpaired) electrons. The topological polar surface area (TPSA) is 93.8 Å². The van der Waals surface area contributed by atoms with Gasteiger partial charge in [0, 0.05) is 42.9 Å². The van der Waals surface area contributed by atoms with E-state index >= 15 is 0 Å². The van der Waals surface area contributed by atoms with Gasteiger partial charge in [0.1, 0.15) is 5.75 Å². The number of amides is 2. The molecule has 0 spiro atoms. The number of hydrogen-bond acceptors (Lipinski definition) is 5. The summed E-state index contributed by atoms with van der Waals surface area (Å²) in [6.45, 7) is 0.0147. The second-order valence-electron chi connectivity index (χ2n) is 6.41. The van der Waals surface area contributed by atoms with Gasteiger partial charge < -0.3 is 19.4 Å². The molecule has 1 aromatic heterocycles. The van der Waals surface area contributed by atoms with Gasteiger partial charge in [0.2, 0.25) is 11.8 Å². The molecule has 2 aromatic carbocycles. The predicted molar refractivity (Wildman–Crippen MR) is 109 cm³/mol. The van der Waals surface area contributed by atoms with Crippen molar-refractivity contribution in [3.8, 4) is 5.75 Å². The van der Waals surface area contributed by atoms with Crippen LogP contribution in [0.3, 0.4) is 0 Å². The molecule has 0 saturated carbocycles. The summed E-state index contributed by atoms with van der Waals surface area (Å²) in [7, 11) is 3.07. The SMILES string of the molecule is COc1cccc(NC(=O)CN(C)C(=O)CCn2c(=O)oc3cc(Cl)ccc32)c1. The van der Waals surface area contributed by atoms with E-state index in [2.05, 4.69) is 5.32 Å². The van der Waals surface area contributed by atoms with E-state index in [1.807, 2.05) is 0 Å². The number of carbonyl (C=O) groups is 2. The van der Waals surface area contributed by atoms with E-state index in [1.54, 1.807) is 42.5 Å². The van der Waals surface area contributed by atoms with Crippen molar-refractivity contribution in [3.05, 3.63) is 58.0 Å². The van der Waals surface area contributed by atoms with Gasteiger partial charge in [-0.3, -0.25) is 14.2 Å². The lowest BCUT2D eigenvalue weighted by Crippen LogP contribution is -2.35. The summed E-state index contributed by atoms with van der Waals surface area (Å²) in [5, 5.41) is 3.17. The number of aryl methyl sites for hydroxylation is 1. The molecule has 29 heavy (non-hydrogen) atoms. The summed E-state index contributed by atoms with van der Waals surface area (Å²) >= 11 is 5.90. The molecule has 0 aliphatic rings. The number of benzene rings is 2. The van der Waals surface area contributed by atoms with E-state index in [9.17, 15) is 14.4 Å². The van der Waals surface area contributed by atoms with E-state index in [4.69, 9.17) is 20.8 Å². The van der Waals surface area contributed by atoms with E-state index in [0.29, 0.717) is 27.6 Å². The monoisotopic (exact) mass is 417 g/mol. The lowest BCUT2D eigenvalue weighted by atomic mass is 10.3. The van der Waals surface area contributed by atoms with E-state index < -0.39 is 5.76 Å². The van der Waals surface area contributed by atoms with Gasteiger partial charge in [0.15, 0.2) is 5.58 Å². The van der Waals surface area contributed by atoms with Crippen molar-refractivity contribution in [1.82, 2.24) is 9.47 Å². The molecule has 0 bridgehead atoms. The lowest BCUT2D eigenvalue weighted by Gasteiger charge is -2.17. The highest BCUT2D eigenvalue weighted by molar-refractivity contribution is 6.31. The Labute approximate surface area is 171 Å². The van der Waals surface area contributed by atoms with Crippen LogP contribution in [0, 0.1) is 0 Å². The maximum atomic E-state index is 12.4. The Balaban J connectivity index is 1.57. The average Bonchev–Trinajstić information content (AvgIpc) is 2.99. The Morgan fingerprint density at radius 1 is 1.24 bits per heavy atom. The Kier molecular flexibility index (Phi) is 6.23. The first-order valence-corrected chi connectivity index (χ1v) is 9.22. The Morgan fingerprint density at radius 2 is 2.03 bits per heavy atom. The van der Waals surface area contributed by atoms with Crippen molar-refractivity contribution in [2.45, 2.75) is 13.0 Å². The van der Waals surface area contributed by atoms with Crippen LogP contribution < -0.4 is 15.8 Å². The first-order chi connectivity index (χ1) is 13.9. The maximum absolute atomic E-state index is 12.4. The number of likely N-dealkylation sites (N-methyl/N-ethyl adjacent to an activating group) is 1. The van der Waals surface area contributed by atoms with Gasteiger partial charge in [0.25, 0.3) is 0 Å². The van der Waals surface area contributed by atoms with Crippen LogP contribution in [-0.4, -0.2) is 42.0 Å². The Morgan fingerprint density at radius 3 is 2.79 bits per heavy atom.